The third kappa shape index (κ3) is 3.11. The van der Waals surface area contributed by atoms with E-state index in [9.17, 15) is 29.4 Å². The number of hydrogen-bond donors (Lipinski definition) is 2. The Bertz CT molecular complexity index is 1510. The van der Waals surface area contributed by atoms with Crippen molar-refractivity contribution < 1.29 is 62.5 Å². The minimum atomic E-state index is -2.44. The first-order valence-electron chi connectivity index (χ1n) is 15.7. The fraction of sp³-hybridized carbons (Fsp3) is 0.688. The number of aliphatic hydroxyl groups excluding tert-OH is 1. The highest BCUT2D eigenvalue weighted by atomic mass is 16.8. The molecule has 14 heteroatoms. The lowest BCUT2D eigenvalue weighted by atomic mass is 9.51. The standard InChI is InChI=1S/C32H37NO13/c1-15-23(35)43-21-19(34)30-20-17(42-27(38)33-10-12-40-13-11-33)18(28(2,3)4)29(30)22(41-14-16-8-6-5-7-9-16)24(36)45-26(29)46-32(30,25(37)44-20)31(15,21)39/h5-9,15,17-22,26,34,39H,10-14H2,1-4H3/t15-,17-,18+,19+,20?,21?,22+,26?,29?,30?,31-,32?/m1/s1. The van der Waals surface area contributed by atoms with Gasteiger partial charge in [0.25, 0.3) is 0 Å². The van der Waals surface area contributed by atoms with Crippen molar-refractivity contribution in [1.29, 1.82) is 0 Å². The van der Waals surface area contributed by atoms with E-state index in [1.54, 1.807) is 0 Å². The van der Waals surface area contributed by atoms with Gasteiger partial charge in [-0.1, -0.05) is 51.1 Å². The summed E-state index contributed by atoms with van der Waals surface area (Å²) in [5.74, 6) is -4.96. The number of hydrogen-bond acceptors (Lipinski definition) is 13. The van der Waals surface area contributed by atoms with Crippen molar-refractivity contribution in [2.45, 2.75) is 82.3 Å². The molecular formula is C32H37NO13. The topological polar surface area (TPSA) is 177 Å². The number of nitrogens with zero attached hydrogens (tertiary/aromatic N) is 1. The molecule has 0 bridgehead atoms. The summed E-state index contributed by atoms with van der Waals surface area (Å²) < 4.78 is 42.2. The summed E-state index contributed by atoms with van der Waals surface area (Å²) in [5, 5.41) is 25.0. The number of rotatable bonds is 4. The smallest absolute Gasteiger partial charge is 0.410 e. The summed E-state index contributed by atoms with van der Waals surface area (Å²) in [4.78, 5) is 56.4. The predicted octanol–water partition coefficient (Wildman–Crippen LogP) is 0.302. The van der Waals surface area contributed by atoms with Gasteiger partial charge in [0.1, 0.15) is 12.2 Å². The summed E-state index contributed by atoms with van der Waals surface area (Å²) >= 11 is 0. The van der Waals surface area contributed by atoms with Crippen molar-refractivity contribution in [3.63, 3.8) is 0 Å². The van der Waals surface area contributed by atoms with E-state index in [0.29, 0.717) is 13.2 Å². The lowest BCUT2D eigenvalue weighted by Gasteiger charge is -2.48. The van der Waals surface area contributed by atoms with Gasteiger partial charge in [0.05, 0.1) is 36.6 Å². The zero-order valence-corrected chi connectivity index (χ0v) is 25.9. The normalized spacial score (nSPS) is 46.7. The van der Waals surface area contributed by atoms with Crippen molar-refractivity contribution in [2.75, 3.05) is 26.3 Å². The van der Waals surface area contributed by atoms with Crippen molar-refractivity contribution in [3.05, 3.63) is 35.9 Å². The average molecular weight is 644 g/mol. The Balaban J connectivity index is 1.36. The van der Waals surface area contributed by atoms with E-state index in [-0.39, 0.29) is 19.7 Å². The predicted molar refractivity (Wildman–Crippen MR) is 149 cm³/mol. The molecule has 7 fully saturated rings. The van der Waals surface area contributed by atoms with E-state index in [2.05, 4.69) is 0 Å². The molecule has 2 spiro atoms. The van der Waals surface area contributed by atoms with Crippen LogP contribution in [0.25, 0.3) is 0 Å². The fourth-order valence-corrected chi connectivity index (χ4v) is 10.2. The average Bonchev–Trinajstić information content (AvgIpc) is 3.73. The Morgan fingerprint density at radius 3 is 2.39 bits per heavy atom. The van der Waals surface area contributed by atoms with Crippen LogP contribution >= 0.6 is 0 Å². The maximum absolute atomic E-state index is 14.3. The molecule has 1 amide bonds. The molecule has 14 nitrogen and oxygen atoms in total. The van der Waals surface area contributed by atoms with Gasteiger partial charge < -0.3 is 48.3 Å². The first-order chi connectivity index (χ1) is 21.8. The summed E-state index contributed by atoms with van der Waals surface area (Å²) in [6, 6.07) is 9.10. The van der Waals surface area contributed by atoms with Crippen molar-refractivity contribution in [2.24, 2.45) is 28.1 Å². The lowest BCUT2D eigenvalue weighted by Crippen LogP contribution is -2.67. The zero-order valence-electron chi connectivity index (χ0n) is 25.9. The number of fused-ring (bicyclic) bond motifs is 1. The Morgan fingerprint density at radius 1 is 1.02 bits per heavy atom. The molecule has 0 aromatic heterocycles. The molecule has 0 radical (unpaired) electrons. The number of benzene rings is 1. The van der Waals surface area contributed by atoms with E-state index < -0.39 is 100 Å². The summed E-state index contributed by atoms with van der Waals surface area (Å²) in [6.07, 6.45) is -9.85. The van der Waals surface area contributed by atoms with Crippen molar-refractivity contribution in [1.82, 2.24) is 4.90 Å². The van der Waals surface area contributed by atoms with E-state index in [4.69, 9.17) is 33.2 Å². The van der Waals surface area contributed by atoms with E-state index >= 15 is 0 Å². The molecule has 2 saturated carbocycles. The number of amides is 1. The Labute approximate surface area is 264 Å². The van der Waals surface area contributed by atoms with Crippen LogP contribution in [-0.2, 0) is 54.1 Å². The number of morpholine rings is 1. The van der Waals surface area contributed by atoms with Gasteiger partial charge in [-0.3, -0.25) is 4.79 Å². The summed E-state index contributed by atoms with van der Waals surface area (Å²) in [7, 11) is 0. The third-order valence-corrected chi connectivity index (χ3v) is 11.7. The molecule has 8 rings (SSSR count). The second-order valence-corrected chi connectivity index (χ2v) is 14.5. The third-order valence-electron chi connectivity index (χ3n) is 11.7. The van der Waals surface area contributed by atoms with Crippen LogP contribution in [0.4, 0.5) is 4.79 Å². The molecule has 2 N–H and O–H groups in total. The van der Waals surface area contributed by atoms with Gasteiger partial charge in [0.2, 0.25) is 11.9 Å². The van der Waals surface area contributed by atoms with Gasteiger partial charge >= 0.3 is 24.0 Å². The maximum atomic E-state index is 14.3. The molecule has 7 aliphatic rings. The number of ether oxygens (including phenoxy) is 7. The van der Waals surface area contributed by atoms with Crippen LogP contribution in [0.2, 0.25) is 0 Å². The Kier molecular flexibility index (Phi) is 6.15. The molecule has 2 aliphatic carbocycles. The highest BCUT2D eigenvalue weighted by Gasteiger charge is 3.05. The fourth-order valence-electron chi connectivity index (χ4n) is 10.2. The Hall–Kier alpha value is -3.30. The van der Waals surface area contributed by atoms with Crippen LogP contribution in [0.5, 0.6) is 0 Å². The second-order valence-electron chi connectivity index (χ2n) is 14.5. The zero-order chi connectivity index (χ0) is 32.6. The molecule has 5 heterocycles. The second kappa shape index (κ2) is 9.41. The largest absolute Gasteiger partial charge is 0.456 e. The summed E-state index contributed by atoms with van der Waals surface area (Å²) in [6.45, 7) is 8.09. The lowest BCUT2D eigenvalue weighted by molar-refractivity contribution is -0.240. The molecular weight excluding hydrogens is 606 g/mol. The molecule has 1 aromatic carbocycles. The van der Waals surface area contributed by atoms with Gasteiger partial charge in [0, 0.05) is 19.0 Å². The van der Waals surface area contributed by atoms with Gasteiger partial charge in [0.15, 0.2) is 23.9 Å². The molecule has 12 atom stereocenters. The van der Waals surface area contributed by atoms with Crippen LogP contribution < -0.4 is 0 Å². The minimum Gasteiger partial charge on any atom is -0.456 e. The van der Waals surface area contributed by atoms with Gasteiger partial charge in [-0.2, -0.15) is 0 Å². The molecule has 248 valence electrons. The van der Waals surface area contributed by atoms with Crippen molar-refractivity contribution in [3.8, 4) is 0 Å². The molecule has 6 unspecified atom stereocenters. The number of aliphatic hydroxyl groups is 2. The van der Waals surface area contributed by atoms with Crippen LogP contribution in [0.3, 0.4) is 0 Å². The minimum absolute atomic E-state index is 0.0537. The highest BCUT2D eigenvalue weighted by Crippen LogP contribution is 2.85. The van der Waals surface area contributed by atoms with Crippen LogP contribution in [-0.4, -0.2) is 113 Å². The molecule has 46 heavy (non-hydrogen) atoms. The highest BCUT2D eigenvalue weighted by molar-refractivity contribution is 5.94. The number of carbonyl (C=O) groups excluding carboxylic acids is 4. The van der Waals surface area contributed by atoms with E-state index in [0.717, 1.165) is 5.56 Å². The van der Waals surface area contributed by atoms with Gasteiger partial charge in [-0.25, -0.2) is 14.4 Å². The van der Waals surface area contributed by atoms with E-state index in [1.807, 2.05) is 51.1 Å². The van der Waals surface area contributed by atoms with Crippen LogP contribution in [0.15, 0.2) is 30.3 Å². The van der Waals surface area contributed by atoms with E-state index in [1.165, 1.54) is 11.8 Å². The number of esters is 3. The molecule has 5 saturated heterocycles. The van der Waals surface area contributed by atoms with Gasteiger partial charge in [-0.15, -0.1) is 0 Å². The molecule has 1 aromatic rings. The van der Waals surface area contributed by atoms with Crippen molar-refractivity contribution >= 4 is 24.0 Å². The molecule has 5 aliphatic heterocycles. The maximum Gasteiger partial charge on any atom is 0.410 e. The first kappa shape index (κ1) is 30.1. The first-order valence-corrected chi connectivity index (χ1v) is 15.7. The quantitative estimate of drug-likeness (QED) is 0.339. The Morgan fingerprint density at radius 2 is 1.72 bits per heavy atom. The van der Waals surface area contributed by atoms with Gasteiger partial charge in [-0.05, 0) is 17.9 Å². The van der Waals surface area contributed by atoms with Crippen LogP contribution in [0, 0.1) is 28.1 Å². The summed E-state index contributed by atoms with van der Waals surface area (Å²) in [5.41, 5.74) is -8.76. The monoisotopic (exact) mass is 643 g/mol. The SMILES string of the molecule is C[C@@H]1C(=O)OC2[C@H](O)C34C5OC(=O)C3(OC3OC(=O)[C@H](OCc6ccccc6)C34[C@H](C(C)(C)C)[C@H]5OC(=O)N3CCOCC3)[C@]21O. The van der Waals surface area contributed by atoms with Crippen LogP contribution in [0.1, 0.15) is 33.3 Å². The number of carbonyl (C=O) groups is 4.